The van der Waals surface area contributed by atoms with Gasteiger partial charge in [0, 0.05) is 18.7 Å². The maximum absolute atomic E-state index is 10.5. The van der Waals surface area contributed by atoms with Gasteiger partial charge in [-0.15, -0.1) is 0 Å². The molecule has 0 aliphatic heterocycles. The van der Waals surface area contributed by atoms with Gasteiger partial charge in [0.05, 0.1) is 15.5 Å². The van der Waals surface area contributed by atoms with E-state index in [9.17, 15) is 10.1 Å². The number of rotatable bonds is 4. The molecule has 17 heavy (non-hydrogen) atoms. The summed E-state index contributed by atoms with van der Waals surface area (Å²) in [5, 5.41) is 10.9. The number of nitro benzene ring substituents is 1. The molecule has 0 spiro atoms. The summed E-state index contributed by atoms with van der Waals surface area (Å²) < 4.78 is 0. The molecular weight excluding hydrogens is 244 g/mol. The van der Waals surface area contributed by atoms with Gasteiger partial charge in [-0.25, -0.2) is 0 Å². The summed E-state index contributed by atoms with van der Waals surface area (Å²) in [4.78, 5) is 15.4. The van der Waals surface area contributed by atoms with E-state index in [1.807, 2.05) is 20.8 Å². The van der Waals surface area contributed by atoms with E-state index in [1.165, 1.54) is 12.1 Å². The molecule has 1 rings (SSSR count). The van der Waals surface area contributed by atoms with Gasteiger partial charge in [0.25, 0.3) is 5.69 Å². The first-order chi connectivity index (χ1) is 7.79. The summed E-state index contributed by atoms with van der Waals surface area (Å²) in [7, 11) is 0. The van der Waals surface area contributed by atoms with Crippen molar-refractivity contribution in [2.75, 3.05) is 0 Å². The van der Waals surface area contributed by atoms with Gasteiger partial charge in [-0.3, -0.25) is 15.0 Å². The van der Waals surface area contributed by atoms with Crippen LogP contribution in [0.25, 0.3) is 0 Å². The van der Waals surface area contributed by atoms with E-state index in [4.69, 9.17) is 16.4 Å². The van der Waals surface area contributed by atoms with Gasteiger partial charge >= 0.3 is 0 Å². The second-order valence-electron chi connectivity index (χ2n) is 4.57. The maximum atomic E-state index is 10.5. The van der Waals surface area contributed by atoms with Gasteiger partial charge in [-0.1, -0.05) is 11.6 Å². The molecule has 0 saturated carbocycles. The highest BCUT2D eigenvalue weighted by Gasteiger charge is 2.12. The van der Waals surface area contributed by atoms with E-state index in [-0.39, 0.29) is 11.3 Å². The van der Waals surface area contributed by atoms with Crippen LogP contribution in [0.15, 0.2) is 18.2 Å². The first kappa shape index (κ1) is 13.9. The van der Waals surface area contributed by atoms with E-state index < -0.39 is 4.92 Å². The molecule has 6 heteroatoms. The van der Waals surface area contributed by atoms with Crippen molar-refractivity contribution in [2.24, 2.45) is 0 Å². The number of hydrogen-bond acceptors (Lipinski definition) is 4. The molecule has 0 aliphatic carbocycles. The van der Waals surface area contributed by atoms with Crippen molar-refractivity contribution in [1.82, 2.24) is 5.48 Å². The minimum Gasteiger partial charge on any atom is -0.296 e. The average Bonchev–Trinajstić information content (AvgIpc) is 2.18. The van der Waals surface area contributed by atoms with E-state index in [1.54, 1.807) is 6.07 Å². The molecule has 1 aromatic rings. The van der Waals surface area contributed by atoms with Crippen LogP contribution in [0.3, 0.4) is 0 Å². The third kappa shape index (κ3) is 4.68. The van der Waals surface area contributed by atoms with Gasteiger partial charge in [0.15, 0.2) is 0 Å². The highest BCUT2D eigenvalue weighted by Crippen LogP contribution is 2.22. The van der Waals surface area contributed by atoms with E-state index in [0.29, 0.717) is 11.6 Å². The largest absolute Gasteiger partial charge is 0.296 e. The molecule has 5 nitrogen and oxygen atoms in total. The molecule has 0 saturated heterocycles. The fraction of sp³-hybridized carbons (Fsp3) is 0.455. The van der Waals surface area contributed by atoms with Crippen LogP contribution < -0.4 is 5.48 Å². The zero-order chi connectivity index (χ0) is 13.1. The second-order valence-corrected chi connectivity index (χ2v) is 4.98. The second kappa shape index (κ2) is 5.44. The SMILES string of the molecule is CC(C)(C)ONCc1ccc([N+](=O)[O-])cc1Cl. The molecule has 1 aromatic carbocycles. The summed E-state index contributed by atoms with van der Waals surface area (Å²) in [5.74, 6) is 0. The topological polar surface area (TPSA) is 64.4 Å². The summed E-state index contributed by atoms with van der Waals surface area (Å²) in [5.41, 5.74) is 3.21. The molecule has 0 bridgehead atoms. The lowest BCUT2D eigenvalue weighted by atomic mass is 10.2. The lowest BCUT2D eigenvalue weighted by Crippen LogP contribution is -2.28. The number of halogens is 1. The Morgan fingerprint density at radius 3 is 2.59 bits per heavy atom. The number of benzene rings is 1. The Bertz CT molecular complexity index is 416. The van der Waals surface area contributed by atoms with Crippen LogP contribution in [0.2, 0.25) is 5.02 Å². The van der Waals surface area contributed by atoms with Gasteiger partial charge in [-0.05, 0) is 32.4 Å². The lowest BCUT2D eigenvalue weighted by molar-refractivity contribution is -0.384. The maximum Gasteiger partial charge on any atom is 0.270 e. The van der Waals surface area contributed by atoms with Crippen LogP contribution in [0.1, 0.15) is 26.3 Å². The van der Waals surface area contributed by atoms with Crippen LogP contribution in [0, 0.1) is 10.1 Å². The number of nitrogens with zero attached hydrogens (tertiary/aromatic N) is 1. The number of hydrogen-bond donors (Lipinski definition) is 1. The van der Waals surface area contributed by atoms with E-state index >= 15 is 0 Å². The van der Waals surface area contributed by atoms with Crippen molar-refractivity contribution in [1.29, 1.82) is 0 Å². The Kier molecular flexibility index (Phi) is 4.45. The molecule has 0 aliphatic rings. The van der Waals surface area contributed by atoms with Crippen molar-refractivity contribution >= 4 is 17.3 Å². The monoisotopic (exact) mass is 258 g/mol. The minimum atomic E-state index is -0.477. The lowest BCUT2D eigenvalue weighted by Gasteiger charge is -2.19. The Hall–Kier alpha value is -1.17. The quantitative estimate of drug-likeness (QED) is 0.666. The fourth-order valence-electron chi connectivity index (χ4n) is 1.12. The van der Waals surface area contributed by atoms with Crippen molar-refractivity contribution in [3.05, 3.63) is 38.9 Å². The predicted molar refractivity (Wildman–Crippen MR) is 65.8 cm³/mol. The number of nitrogens with one attached hydrogen (secondary N) is 1. The molecule has 0 atom stereocenters. The summed E-state index contributed by atoms with van der Waals surface area (Å²) in [6.07, 6.45) is 0. The van der Waals surface area contributed by atoms with Gasteiger partial charge in [-0.2, -0.15) is 5.48 Å². The van der Waals surface area contributed by atoms with Crippen molar-refractivity contribution < 1.29 is 9.76 Å². The first-order valence-electron chi connectivity index (χ1n) is 5.13. The van der Waals surface area contributed by atoms with Crippen LogP contribution in [-0.4, -0.2) is 10.5 Å². The van der Waals surface area contributed by atoms with Crippen molar-refractivity contribution in [3.63, 3.8) is 0 Å². The molecule has 94 valence electrons. The highest BCUT2D eigenvalue weighted by atomic mass is 35.5. The third-order valence-electron chi connectivity index (χ3n) is 1.89. The predicted octanol–water partition coefficient (Wildman–Crippen LogP) is 3.07. The standard InChI is InChI=1S/C11H15ClN2O3/c1-11(2,3)17-13-7-8-4-5-9(14(15)16)6-10(8)12/h4-6,13H,7H2,1-3H3. The Balaban J connectivity index is 2.64. The number of hydroxylamine groups is 1. The summed E-state index contributed by atoms with van der Waals surface area (Å²) in [6.45, 7) is 6.14. The molecule has 0 unspecified atom stereocenters. The van der Waals surface area contributed by atoms with Crippen LogP contribution >= 0.6 is 11.6 Å². The van der Waals surface area contributed by atoms with E-state index in [0.717, 1.165) is 5.56 Å². The molecule has 0 fully saturated rings. The Morgan fingerprint density at radius 1 is 1.47 bits per heavy atom. The van der Waals surface area contributed by atoms with Crippen molar-refractivity contribution in [2.45, 2.75) is 32.9 Å². The Morgan fingerprint density at radius 2 is 2.12 bits per heavy atom. The molecule has 0 heterocycles. The Labute approximate surface area is 105 Å². The van der Waals surface area contributed by atoms with Crippen LogP contribution in [0.5, 0.6) is 0 Å². The van der Waals surface area contributed by atoms with Crippen molar-refractivity contribution in [3.8, 4) is 0 Å². The molecule has 1 N–H and O–H groups in total. The average molecular weight is 259 g/mol. The highest BCUT2D eigenvalue weighted by molar-refractivity contribution is 6.31. The fourth-order valence-corrected chi connectivity index (χ4v) is 1.37. The molecular formula is C11H15ClN2O3. The zero-order valence-corrected chi connectivity index (χ0v) is 10.7. The smallest absolute Gasteiger partial charge is 0.270 e. The van der Waals surface area contributed by atoms with Crippen LogP contribution in [0.4, 0.5) is 5.69 Å². The summed E-state index contributed by atoms with van der Waals surface area (Å²) in [6, 6.07) is 4.36. The normalized spacial score (nSPS) is 11.5. The van der Waals surface area contributed by atoms with Gasteiger partial charge in [0.2, 0.25) is 0 Å². The first-order valence-corrected chi connectivity index (χ1v) is 5.51. The third-order valence-corrected chi connectivity index (χ3v) is 2.24. The van der Waals surface area contributed by atoms with Crippen LogP contribution in [-0.2, 0) is 11.4 Å². The molecule has 0 radical (unpaired) electrons. The zero-order valence-electron chi connectivity index (χ0n) is 9.99. The van der Waals surface area contributed by atoms with Gasteiger partial charge < -0.3 is 0 Å². The van der Waals surface area contributed by atoms with E-state index in [2.05, 4.69) is 5.48 Å². The molecule has 0 amide bonds. The van der Waals surface area contributed by atoms with Gasteiger partial charge in [0.1, 0.15) is 0 Å². The number of nitro groups is 1. The molecule has 0 aromatic heterocycles. The number of non-ortho nitro benzene ring substituents is 1. The minimum absolute atomic E-state index is 0.0181. The summed E-state index contributed by atoms with van der Waals surface area (Å²) >= 11 is 5.92.